The van der Waals surface area contributed by atoms with Crippen molar-refractivity contribution in [3.05, 3.63) is 59.4 Å². The van der Waals surface area contributed by atoms with Gasteiger partial charge >= 0.3 is 5.97 Å². The summed E-state index contributed by atoms with van der Waals surface area (Å²) in [5.41, 5.74) is 2.35. The number of halogens is 2. The van der Waals surface area contributed by atoms with Crippen LogP contribution >= 0.6 is 0 Å². The van der Waals surface area contributed by atoms with E-state index in [1.807, 2.05) is 36.2 Å². The average molecular weight is 556 g/mol. The van der Waals surface area contributed by atoms with Crippen molar-refractivity contribution < 1.29 is 33.0 Å². The molecular formula is C30H35F2N3O5. The molecule has 3 atom stereocenters. The Morgan fingerprint density at radius 3 is 2.55 bits per heavy atom. The van der Waals surface area contributed by atoms with Gasteiger partial charge in [0.05, 0.1) is 49.2 Å². The molecule has 0 spiro atoms. The summed E-state index contributed by atoms with van der Waals surface area (Å²) in [7, 11) is 1.91. The quantitative estimate of drug-likeness (QED) is 0.508. The van der Waals surface area contributed by atoms with Crippen LogP contribution in [-0.4, -0.2) is 72.9 Å². The van der Waals surface area contributed by atoms with Gasteiger partial charge in [0.25, 0.3) is 0 Å². The van der Waals surface area contributed by atoms with E-state index in [4.69, 9.17) is 9.84 Å². The second kappa shape index (κ2) is 11.9. The molecule has 2 heterocycles. The zero-order valence-corrected chi connectivity index (χ0v) is 22.5. The van der Waals surface area contributed by atoms with E-state index in [-0.39, 0.29) is 55.5 Å². The Morgan fingerprint density at radius 2 is 1.82 bits per heavy atom. The van der Waals surface area contributed by atoms with E-state index < -0.39 is 29.9 Å². The standard InChI is InChI=1S/C30H35F2N3O5/c1-34-16-24(23-4-2-3-5-27(23)34)29(37)33-26-11-6-18(12-25(26)32)13-28(36)35-15-20(31)14-21(35)17-40-22-9-7-19(8-10-22)30(38)39/h2-6,11-12,19-22,24H,7-10,13-17H2,1H3,(H,33,37)(H,38,39)/t19-,20-,21-,22-,24?/m0/s1. The van der Waals surface area contributed by atoms with Crippen LogP contribution in [-0.2, 0) is 25.5 Å². The van der Waals surface area contributed by atoms with Gasteiger partial charge in [0.1, 0.15) is 12.0 Å². The maximum absolute atomic E-state index is 15.0. The number of nitrogens with zero attached hydrogens (tertiary/aromatic N) is 2. The maximum Gasteiger partial charge on any atom is 0.306 e. The first-order valence-corrected chi connectivity index (χ1v) is 13.9. The van der Waals surface area contributed by atoms with Crippen LogP contribution in [0.25, 0.3) is 0 Å². The number of carbonyl (C=O) groups is 3. The van der Waals surface area contributed by atoms with E-state index in [0.717, 1.165) is 11.3 Å². The predicted molar refractivity (Wildman–Crippen MR) is 146 cm³/mol. The number of aliphatic carboxylic acids is 1. The number of likely N-dealkylation sites (tertiary alicyclic amines) is 1. The molecule has 5 rings (SSSR count). The van der Waals surface area contributed by atoms with Crippen LogP contribution in [0.5, 0.6) is 0 Å². The smallest absolute Gasteiger partial charge is 0.306 e. The van der Waals surface area contributed by atoms with E-state index in [1.54, 1.807) is 6.07 Å². The molecule has 214 valence electrons. The first-order chi connectivity index (χ1) is 19.2. The van der Waals surface area contributed by atoms with Gasteiger partial charge in [0, 0.05) is 25.7 Å². The highest BCUT2D eigenvalue weighted by atomic mass is 19.1. The van der Waals surface area contributed by atoms with Gasteiger partial charge in [-0.05, 0) is 55.0 Å². The lowest BCUT2D eigenvalue weighted by atomic mass is 9.87. The Morgan fingerprint density at radius 1 is 1.07 bits per heavy atom. The number of nitrogens with one attached hydrogen (secondary N) is 1. The van der Waals surface area contributed by atoms with Gasteiger partial charge in [-0.25, -0.2) is 8.78 Å². The molecule has 40 heavy (non-hydrogen) atoms. The van der Waals surface area contributed by atoms with Gasteiger partial charge in [-0.3, -0.25) is 14.4 Å². The molecule has 2 amide bonds. The molecule has 0 radical (unpaired) electrons. The van der Waals surface area contributed by atoms with Gasteiger partial charge < -0.3 is 25.0 Å². The van der Waals surface area contributed by atoms with Gasteiger partial charge in [-0.1, -0.05) is 24.3 Å². The summed E-state index contributed by atoms with van der Waals surface area (Å²) in [6.07, 6.45) is 1.17. The summed E-state index contributed by atoms with van der Waals surface area (Å²) in [5.74, 6) is -2.81. The van der Waals surface area contributed by atoms with Crippen molar-refractivity contribution in [2.75, 3.05) is 37.0 Å². The molecule has 1 saturated carbocycles. The second-order valence-corrected chi connectivity index (χ2v) is 11.2. The lowest BCUT2D eigenvalue weighted by molar-refractivity contribution is -0.144. The number of anilines is 2. The minimum Gasteiger partial charge on any atom is -0.481 e. The first kappa shape index (κ1) is 28.0. The fraction of sp³-hybridized carbons (Fsp3) is 0.500. The number of para-hydroxylation sites is 1. The summed E-state index contributed by atoms with van der Waals surface area (Å²) >= 11 is 0. The molecule has 0 aromatic heterocycles. The third kappa shape index (κ3) is 6.11. The van der Waals surface area contributed by atoms with E-state index in [0.29, 0.717) is 37.8 Å². The van der Waals surface area contributed by atoms with Crippen molar-refractivity contribution in [1.82, 2.24) is 4.90 Å². The Balaban J connectivity index is 1.16. The lowest BCUT2D eigenvalue weighted by Gasteiger charge is -2.29. The monoisotopic (exact) mass is 555 g/mol. The highest BCUT2D eigenvalue weighted by molar-refractivity contribution is 5.98. The molecule has 8 nitrogen and oxygen atoms in total. The molecule has 2 N–H and O–H groups in total. The van der Waals surface area contributed by atoms with Gasteiger partial charge in [-0.15, -0.1) is 0 Å². The van der Waals surface area contributed by atoms with Crippen molar-refractivity contribution in [3.63, 3.8) is 0 Å². The van der Waals surface area contributed by atoms with E-state index >= 15 is 0 Å². The number of rotatable bonds is 8. The number of hydrogen-bond acceptors (Lipinski definition) is 5. The predicted octanol–water partition coefficient (Wildman–Crippen LogP) is 4.14. The minimum absolute atomic E-state index is 0.0352. The summed E-state index contributed by atoms with van der Waals surface area (Å²) in [6, 6.07) is 11.5. The molecule has 10 heteroatoms. The average Bonchev–Trinajstić information content (AvgIpc) is 3.48. The number of carboxylic acid groups (broad SMARTS) is 1. The summed E-state index contributed by atoms with van der Waals surface area (Å²) in [4.78, 5) is 40.7. The number of carbonyl (C=O) groups excluding carboxylic acids is 2. The van der Waals surface area contributed by atoms with Crippen LogP contribution in [0.3, 0.4) is 0 Å². The fourth-order valence-corrected chi connectivity index (χ4v) is 6.14. The molecule has 2 aliphatic heterocycles. The van der Waals surface area contributed by atoms with Crippen LogP contribution in [0.15, 0.2) is 42.5 Å². The van der Waals surface area contributed by atoms with Crippen molar-refractivity contribution >= 4 is 29.2 Å². The number of fused-ring (bicyclic) bond motifs is 1. The Kier molecular flexibility index (Phi) is 8.35. The number of alkyl halides is 1. The Labute approximate surface area is 232 Å². The third-order valence-corrected chi connectivity index (χ3v) is 8.37. The van der Waals surface area contributed by atoms with Crippen LogP contribution in [0, 0.1) is 11.7 Å². The van der Waals surface area contributed by atoms with Crippen molar-refractivity contribution in [2.45, 2.75) is 62.8 Å². The molecule has 2 aromatic rings. The number of amides is 2. The summed E-state index contributed by atoms with van der Waals surface area (Å²) in [6.45, 7) is 0.652. The van der Waals surface area contributed by atoms with Crippen molar-refractivity contribution in [3.8, 4) is 0 Å². The van der Waals surface area contributed by atoms with Crippen LogP contribution < -0.4 is 10.2 Å². The number of carboxylic acids is 1. The highest BCUT2D eigenvalue weighted by Crippen LogP contribution is 2.36. The fourth-order valence-electron chi connectivity index (χ4n) is 6.14. The molecule has 0 bridgehead atoms. The topological polar surface area (TPSA) is 99.2 Å². The molecule has 2 aromatic carbocycles. The van der Waals surface area contributed by atoms with Crippen molar-refractivity contribution in [1.29, 1.82) is 0 Å². The zero-order chi connectivity index (χ0) is 28.4. The third-order valence-electron chi connectivity index (χ3n) is 8.37. The summed E-state index contributed by atoms with van der Waals surface area (Å²) < 4.78 is 35.2. The van der Waals surface area contributed by atoms with Gasteiger partial charge in [-0.2, -0.15) is 0 Å². The van der Waals surface area contributed by atoms with Crippen LogP contribution in [0.2, 0.25) is 0 Å². The molecule has 2 fully saturated rings. The lowest BCUT2D eigenvalue weighted by Crippen LogP contribution is -2.40. The molecule has 1 saturated heterocycles. The minimum atomic E-state index is -1.16. The maximum atomic E-state index is 15.0. The molecule has 1 aliphatic carbocycles. The molecular weight excluding hydrogens is 520 g/mol. The summed E-state index contributed by atoms with van der Waals surface area (Å²) in [5, 5.41) is 11.8. The van der Waals surface area contributed by atoms with Crippen LogP contribution in [0.1, 0.15) is 49.1 Å². The zero-order valence-electron chi connectivity index (χ0n) is 22.5. The van der Waals surface area contributed by atoms with E-state index in [1.165, 1.54) is 17.0 Å². The number of benzene rings is 2. The van der Waals surface area contributed by atoms with E-state index in [2.05, 4.69) is 5.32 Å². The Hall–Kier alpha value is -3.53. The highest BCUT2D eigenvalue weighted by Gasteiger charge is 2.37. The van der Waals surface area contributed by atoms with Gasteiger partial charge in [0.2, 0.25) is 11.8 Å². The number of hydrogen-bond donors (Lipinski definition) is 2. The van der Waals surface area contributed by atoms with Crippen LogP contribution in [0.4, 0.5) is 20.2 Å². The molecule has 1 unspecified atom stereocenters. The van der Waals surface area contributed by atoms with Crippen molar-refractivity contribution in [2.24, 2.45) is 5.92 Å². The van der Waals surface area contributed by atoms with Gasteiger partial charge in [0.15, 0.2) is 0 Å². The largest absolute Gasteiger partial charge is 0.481 e. The SMILES string of the molecule is CN1CC(C(=O)Nc2ccc(CC(=O)N3C[C@@H](F)C[C@H]3CO[C@H]3CC[C@H](C(=O)O)CC3)cc2F)c2ccccc21. The normalized spacial score (nSPS) is 26.0. The number of likely N-dealkylation sites (N-methyl/N-ethyl adjacent to an activating group) is 1. The van der Waals surface area contributed by atoms with E-state index in [9.17, 15) is 23.2 Å². The Bertz CT molecular complexity index is 1270. The molecule has 3 aliphatic rings. The first-order valence-electron chi connectivity index (χ1n) is 13.9. The number of ether oxygens (including phenoxy) is 1. The second-order valence-electron chi connectivity index (χ2n) is 11.2.